The van der Waals surface area contributed by atoms with Crippen LogP contribution in [-0.4, -0.2) is 65.9 Å². The summed E-state index contributed by atoms with van der Waals surface area (Å²) in [5.74, 6) is -0.405. The highest BCUT2D eigenvalue weighted by atomic mass is 16.2. The van der Waals surface area contributed by atoms with Crippen molar-refractivity contribution < 1.29 is 14.4 Å². The molecule has 7 heteroatoms. The molecular formula is C20H28N4O3. The summed E-state index contributed by atoms with van der Waals surface area (Å²) >= 11 is 0. The SMILES string of the molecule is CCN(CC)CCNC(=O)CN1C(=O)c2ccccc2N2C(=O)CCC12C. The zero-order chi connectivity index (χ0) is 19.6. The van der Waals surface area contributed by atoms with Gasteiger partial charge in [0.15, 0.2) is 0 Å². The molecular weight excluding hydrogens is 344 g/mol. The van der Waals surface area contributed by atoms with Crippen LogP contribution in [0.1, 0.15) is 44.0 Å². The van der Waals surface area contributed by atoms with Crippen LogP contribution in [0.4, 0.5) is 5.69 Å². The number of amides is 3. The Labute approximate surface area is 160 Å². The first-order chi connectivity index (χ1) is 12.9. The molecule has 2 aliphatic rings. The number of nitrogens with zero attached hydrogens (tertiary/aromatic N) is 3. The summed E-state index contributed by atoms with van der Waals surface area (Å²) in [6.07, 6.45) is 0.900. The molecule has 1 aromatic carbocycles. The van der Waals surface area contributed by atoms with E-state index in [0.29, 0.717) is 30.6 Å². The highest BCUT2D eigenvalue weighted by Crippen LogP contribution is 2.43. The lowest BCUT2D eigenvalue weighted by atomic mass is 9.98. The van der Waals surface area contributed by atoms with E-state index in [4.69, 9.17) is 0 Å². The van der Waals surface area contributed by atoms with Gasteiger partial charge in [-0.1, -0.05) is 26.0 Å². The second kappa shape index (κ2) is 7.68. The summed E-state index contributed by atoms with van der Waals surface area (Å²) in [6.45, 7) is 9.17. The van der Waals surface area contributed by atoms with Gasteiger partial charge in [0.2, 0.25) is 11.8 Å². The zero-order valence-corrected chi connectivity index (χ0v) is 16.3. The summed E-state index contributed by atoms with van der Waals surface area (Å²) in [7, 11) is 0. The number of likely N-dealkylation sites (N-methyl/N-ethyl adjacent to an activating group) is 1. The van der Waals surface area contributed by atoms with Gasteiger partial charge in [-0.3, -0.25) is 19.3 Å². The van der Waals surface area contributed by atoms with Crippen molar-refractivity contribution in [2.75, 3.05) is 37.6 Å². The van der Waals surface area contributed by atoms with E-state index < -0.39 is 5.66 Å². The van der Waals surface area contributed by atoms with Gasteiger partial charge in [0.05, 0.1) is 11.3 Å². The van der Waals surface area contributed by atoms with Gasteiger partial charge in [0.1, 0.15) is 12.2 Å². The molecule has 7 nitrogen and oxygen atoms in total. The summed E-state index contributed by atoms with van der Waals surface area (Å²) < 4.78 is 0. The topological polar surface area (TPSA) is 73.0 Å². The van der Waals surface area contributed by atoms with Crippen molar-refractivity contribution >= 4 is 23.4 Å². The van der Waals surface area contributed by atoms with Gasteiger partial charge in [-0.05, 0) is 38.6 Å². The maximum atomic E-state index is 13.1. The lowest BCUT2D eigenvalue weighted by molar-refractivity contribution is -0.124. The normalized spacial score (nSPS) is 21.5. The first-order valence-corrected chi connectivity index (χ1v) is 9.65. The van der Waals surface area contributed by atoms with Gasteiger partial charge < -0.3 is 15.1 Å². The maximum Gasteiger partial charge on any atom is 0.258 e. The van der Waals surface area contributed by atoms with Gasteiger partial charge in [-0.2, -0.15) is 0 Å². The number of hydrogen-bond donors (Lipinski definition) is 1. The van der Waals surface area contributed by atoms with Crippen LogP contribution in [0, 0.1) is 0 Å². The van der Waals surface area contributed by atoms with Crippen LogP contribution >= 0.6 is 0 Å². The quantitative estimate of drug-likeness (QED) is 0.786. The third-order valence-electron chi connectivity index (χ3n) is 5.69. The molecule has 27 heavy (non-hydrogen) atoms. The first kappa shape index (κ1) is 19.4. The Hall–Kier alpha value is -2.41. The number of para-hydroxylation sites is 1. The van der Waals surface area contributed by atoms with Crippen LogP contribution in [0.15, 0.2) is 24.3 Å². The lowest BCUT2D eigenvalue weighted by Crippen LogP contribution is -2.64. The molecule has 1 aromatic rings. The Morgan fingerprint density at radius 1 is 1.22 bits per heavy atom. The average molecular weight is 372 g/mol. The summed E-state index contributed by atoms with van der Waals surface area (Å²) in [5, 5.41) is 2.90. The molecule has 2 aliphatic heterocycles. The van der Waals surface area contributed by atoms with Crippen molar-refractivity contribution in [2.45, 2.75) is 39.3 Å². The third kappa shape index (κ3) is 3.43. The van der Waals surface area contributed by atoms with Gasteiger partial charge in [0, 0.05) is 19.5 Å². The Bertz CT molecular complexity index is 746. The number of hydrogen-bond acceptors (Lipinski definition) is 4. The van der Waals surface area contributed by atoms with Crippen molar-refractivity contribution in [1.82, 2.24) is 15.1 Å². The van der Waals surface area contributed by atoms with Crippen LogP contribution in [0.25, 0.3) is 0 Å². The molecule has 3 rings (SSSR count). The summed E-state index contributed by atoms with van der Waals surface area (Å²) in [5.41, 5.74) is 0.325. The predicted molar refractivity (Wildman–Crippen MR) is 103 cm³/mol. The molecule has 3 amide bonds. The molecule has 1 fully saturated rings. The molecule has 1 atom stereocenters. The number of benzene rings is 1. The van der Waals surface area contributed by atoms with Crippen LogP contribution in [0.3, 0.4) is 0 Å². The maximum absolute atomic E-state index is 13.1. The fraction of sp³-hybridized carbons (Fsp3) is 0.550. The zero-order valence-electron chi connectivity index (χ0n) is 16.3. The van der Waals surface area contributed by atoms with Crippen molar-refractivity contribution in [3.63, 3.8) is 0 Å². The highest BCUT2D eigenvalue weighted by Gasteiger charge is 2.53. The summed E-state index contributed by atoms with van der Waals surface area (Å²) in [6, 6.07) is 7.13. The number of carbonyl (C=O) groups is 3. The molecule has 1 saturated heterocycles. The van der Waals surface area contributed by atoms with Crippen molar-refractivity contribution in [3.8, 4) is 0 Å². The molecule has 0 radical (unpaired) electrons. The van der Waals surface area contributed by atoms with Gasteiger partial charge in [-0.15, -0.1) is 0 Å². The fourth-order valence-corrected chi connectivity index (χ4v) is 4.03. The van der Waals surface area contributed by atoms with Gasteiger partial charge in [-0.25, -0.2) is 0 Å². The minimum absolute atomic E-state index is 0.00982. The number of carbonyl (C=O) groups excluding carboxylic acids is 3. The van der Waals surface area contributed by atoms with E-state index in [1.807, 2.05) is 13.0 Å². The highest BCUT2D eigenvalue weighted by molar-refractivity contribution is 6.11. The Morgan fingerprint density at radius 3 is 2.63 bits per heavy atom. The molecule has 0 saturated carbocycles. The Kier molecular flexibility index (Phi) is 5.51. The number of rotatable bonds is 7. The molecule has 2 heterocycles. The Balaban J connectivity index is 1.76. The second-order valence-corrected chi connectivity index (χ2v) is 7.23. The lowest BCUT2D eigenvalue weighted by Gasteiger charge is -2.48. The van der Waals surface area contributed by atoms with Gasteiger partial charge >= 0.3 is 0 Å². The van der Waals surface area contributed by atoms with Crippen molar-refractivity contribution in [1.29, 1.82) is 0 Å². The molecule has 146 valence electrons. The van der Waals surface area contributed by atoms with Crippen LogP contribution in [0.2, 0.25) is 0 Å². The monoisotopic (exact) mass is 372 g/mol. The molecule has 0 aromatic heterocycles. The van der Waals surface area contributed by atoms with Crippen LogP contribution in [0.5, 0.6) is 0 Å². The van der Waals surface area contributed by atoms with Crippen LogP contribution in [-0.2, 0) is 9.59 Å². The van der Waals surface area contributed by atoms with Crippen molar-refractivity contribution in [3.05, 3.63) is 29.8 Å². The van der Waals surface area contributed by atoms with E-state index in [-0.39, 0.29) is 24.3 Å². The minimum Gasteiger partial charge on any atom is -0.353 e. The van der Waals surface area contributed by atoms with E-state index in [9.17, 15) is 14.4 Å². The summed E-state index contributed by atoms with van der Waals surface area (Å²) in [4.78, 5) is 43.6. The molecule has 0 bridgehead atoms. The van der Waals surface area contributed by atoms with Gasteiger partial charge in [0.25, 0.3) is 5.91 Å². The molecule has 1 unspecified atom stereocenters. The van der Waals surface area contributed by atoms with E-state index in [2.05, 4.69) is 24.1 Å². The van der Waals surface area contributed by atoms with E-state index >= 15 is 0 Å². The first-order valence-electron chi connectivity index (χ1n) is 9.65. The van der Waals surface area contributed by atoms with Crippen LogP contribution < -0.4 is 10.2 Å². The fourth-order valence-electron chi connectivity index (χ4n) is 4.03. The minimum atomic E-state index is -0.793. The Morgan fingerprint density at radius 2 is 1.93 bits per heavy atom. The van der Waals surface area contributed by atoms with Crippen molar-refractivity contribution in [2.24, 2.45) is 0 Å². The molecule has 0 aliphatic carbocycles. The third-order valence-corrected chi connectivity index (χ3v) is 5.69. The predicted octanol–water partition coefficient (Wildman–Crippen LogP) is 1.44. The number of nitrogens with one attached hydrogen (secondary N) is 1. The number of fused-ring (bicyclic) bond motifs is 3. The van der Waals surface area contributed by atoms with E-state index in [1.165, 1.54) is 0 Å². The standard InChI is InChI=1S/C20H28N4O3/c1-4-22(5-2)13-12-21-17(25)14-23-19(27)15-8-6-7-9-16(15)24-18(26)10-11-20(23,24)3/h6-9H,4-5,10-14H2,1-3H3,(H,21,25). The smallest absolute Gasteiger partial charge is 0.258 e. The average Bonchev–Trinajstić information content (AvgIpc) is 2.98. The largest absolute Gasteiger partial charge is 0.353 e. The van der Waals surface area contributed by atoms with E-state index in [0.717, 1.165) is 19.6 Å². The van der Waals surface area contributed by atoms with E-state index in [1.54, 1.807) is 28.0 Å². The molecule has 1 N–H and O–H groups in total. The molecule has 0 spiro atoms. The number of anilines is 1. The second-order valence-electron chi connectivity index (χ2n) is 7.23.